The van der Waals surface area contributed by atoms with Crippen LogP contribution in [0.2, 0.25) is 0 Å². The molecule has 0 saturated carbocycles. The zero-order valence-electron chi connectivity index (χ0n) is 7.67. The molecule has 0 N–H and O–H groups in total. The molecule has 0 aromatic heterocycles. The van der Waals surface area contributed by atoms with Gasteiger partial charge in [0, 0.05) is 0 Å². The van der Waals surface area contributed by atoms with Crippen LogP contribution in [0.4, 0.5) is 14.4 Å². The third-order valence-electron chi connectivity index (χ3n) is 0. The second-order valence-electron chi connectivity index (χ2n) is 0.750. The molecule has 0 amide bonds. The van der Waals surface area contributed by atoms with Gasteiger partial charge >= 0.3 is 124 Å². The van der Waals surface area contributed by atoms with Crippen molar-refractivity contribution in [2.75, 3.05) is 0 Å². The van der Waals surface area contributed by atoms with Crippen molar-refractivity contribution in [3.8, 4) is 0 Å². The van der Waals surface area contributed by atoms with Crippen LogP contribution in [0.1, 0.15) is 0 Å². The van der Waals surface area contributed by atoms with Crippen LogP contribution < -0.4 is 133 Å². The Morgan fingerprint density at radius 1 is 0.533 bits per heavy atom. The van der Waals surface area contributed by atoms with E-state index in [1.165, 1.54) is 0 Å². The predicted octanol–water partition coefficient (Wildman–Crippen LogP) is -13.3. The molecule has 15 heavy (non-hydrogen) atoms. The van der Waals surface area contributed by atoms with Gasteiger partial charge in [0.2, 0.25) is 0 Å². The van der Waals surface area contributed by atoms with Gasteiger partial charge in [-0.2, -0.15) is 0 Å². The Kier molecular flexibility index (Phi) is 71.1. The summed E-state index contributed by atoms with van der Waals surface area (Å²) < 4.78 is 0. The average Bonchev–Trinajstić information content (AvgIpc) is 1.54. The normalized spacial score (nSPS) is 4.80. The van der Waals surface area contributed by atoms with Crippen molar-refractivity contribution in [3.05, 3.63) is 0 Å². The van der Waals surface area contributed by atoms with E-state index in [1.54, 1.807) is 0 Å². The molecule has 0 atom stereocenters. The van der Waals surface area contributed by atoms with E-state index in [4.69, 9.17) is 45.0 Å². The minimum Gasteiger partial charge on any atom is -0.652 e. The minimum absolute atomic E-state index is 0. The molecule has 0 fully saturated rings. The summed E-state index contributed by atoms with van der Waals surface area (Å²) in [6.45, 7) is 0. The molecule has 0 aromatic rings. The van der Waals surface area contributed by atoms with E-state index in [2.05, 4.69) is 0 Å². The van der Waals surface area contributed by atoms with E-state index in [9.17, 15) is 0 Å². The Labute approximate surface area is 184 Å². The third kappa shape index (κ3) is 931. The van der Waals surface area contributed by atoms with Gasteiger partial charge in [-0.15, -0.1) is 0 Å². The zero-order valence-corrected chi connectivity index (χ0v) is 15.5. The van der Waals surface area contributed by atoms with Crippen molar-refractivity contribution in [3.63, 3.8) is 0 Å². The fourth-order valence-corrected chi connectivity index (χ4v) is 0. The van der Waals surface area contributed by atoms with E-state index >= 15 is 0 Å². The van der Waals surface area contributed by atoms with Crippen molar-refractivity contribution in [2.24, 2.45) is 0 Å². The fourth-order valence-electron chi connectivity index (χ4n) is 0. The monoisotopic (exact) mass is 306 g/mol. The summed E-state index contributed by atoms with van der Waals surface area (Å²) in [5, 5.41) is 50.0. The van der Waals surface area contributed by atoms with E-state index < -0.39 is 18.5 Å². The largest absolute Gasteiger partial charge is 4.00 e. The van der Waals surface area contributed by atoms with E-state index in [0.29, 0.717) is 0 Å². The molecule has 0 spiro atoms. The smallest absolute Gasteiger partial charge is 0.652 e. The van der Waals surface area contributed by atoms with Crippen LogP contribution >= 0.6 is 0 Å². The maximum absolute atomic E-state index is 8.33. The van der Waals surface area contributed by atoms with Crippen LogP contribution in [-0.4, -0.2) is 18.5 Å². The summed E-state index contributed by atoms with van der Waals surface area (Å²) >= 11 is 0. The van der Waals surface area contributed by atoms with Crippen molar-refractivity contribution in [1.29, 1.82) is 0 Å². The van der Waals surface area contributed by atoms with Crippen molar-refractivity contribution < 1.29 is 170 Å². The number of carboxylic acid groups (broad SMARTS) is 6. The standard InChI is InChI=1S/3CH2O3.2K.Ti/c3*2-1(3)4;;;/h3*(H2,2,3,4);;;/q;;;2*+1;+4/p-6. The minimum atomic E-state index is -2.33. The van der Waals surface area contributed by atoms with Gasteiger partial charge in [0.05, 0.1) is 0 Å². The van der Waals surface area contributed by atoms with E-state index in [0.717, 1.165) is 0 Å². The molecule has 0 unspecified atom stereocenters. The van der Waals surface area contributed by atoms with Gasteiger partial charge in [-0.05, 0) is 18.5 Å². The van der Waals surface area contributed by atoms with Gasteiger partial charge in [0.1, 0.15) is 0 Å². The van der Waals surface area contributed by atoms with Crippen LogP contribution in [0.15, 0.2) is 0 Å². The fraction of sp³-hybridized carbons (Fsp3) is 0. The Balaban J connectivity index is -0.0000000184. The second-order valence-corrected chi connectivity index (χ2v) is 0.750. The molecular formula is C3K2O9Ti. The molecule has 0 saturated heterocycles. The Morgan fingerprint density at radius 3 is 0.533 bits per heavy atom. The SMILES string of the molecule is O=C([O-])[O-].O=C([O-])[O-].O=C([O-])[O-].[K+].[K+].[Ti+4]. The molecule has 0 bridgehead atoms. The van der Waals surface area contributed by atoms with Crippen LogP contribution in [0.5, 0.6) is 0 Å². The quantitative estimate of drug-likeness (QED) is 0.391. The topological polar surface area (TPSA) is 190 Å². The van der Waals surface area contributed by atoms with E-state index in [-0.39, 0.29) is 124 Å². The summed E-state index contributed by atoms with van der Waals surface area (Å²) in [6, 6.07) is 0. The molecule has 0 aliphatic carbocycles. The zero-order chi connectivity index (χ0) is 10.7. The molecular weight excluding hydrogens is 306 g/mol. The van der Waals surface area contributed by atoms with Gasteiger partial charge < -0.3 is 45.0 Å². The molecule has 0 radical (unpaired) electrons. The van der Waals surface area contributed by atoms with Gasteiger partial charge in [0.15, 0.2) is 0 Å². The number of hydrogen-bond donors (Lipinski definition) is 0. The van der Waals surface area contributed by atoms with Gasteiger partial charge in [0.25, 0.3) is 0 Å². The van der Waals surface area contributed by atoms with Crippen LogP contribution in [0, 0.1) is 0 Å². The summed E-state index contributed by atoms with van der Waals surface area (Å²) in [5.74, 6) is 0. The average molecular weight is 306 g/mol. The molecule has 0 aromatic carbocycles. The van der Waals surface area contributed by atoms with Crippen molar-refractivity contribution in [1.82, 2.24) is 0 Å². The maximum Gasteiger partial charge on any atom is 4.00 e. The second kappa shape index (κ2) is 29.7. The van der Waals surface area contributed by atoms with Crippen LogP contribution in [0.25, 0.3) is 0 Å². The molecule has 0 aliphatic rings. The number of carbonyl (C=O) groups is 3. The van der Waals surface area contributed by atoms with Gasteiger partial charge in [-0.3, -0.25) is 0 Å². The number of rotatable bonds is 0. The summed E-state index contributed by atoms with van der Waals surface area (Å²) in [5.41, 5.74) is 0. The first-order chi connectivity index (χ1) is 5.20. The maximum atomic E-state index is 8.33. The van der Waals surface area contributed by atoms with Gasteiger partial charge in [-0.1, -0.05) is 0 Å². The first-order valence-corrected chi connectivity index (χ1v) is 1.84. The Morgan fingerprint density at radius 2 is 0.533 bits per heavy atom. The molecule has 0 rings (SSSR count). The summed E-state index contributed by atoms with van der Waals surface area (Å²) in [7, 11) is 0. The Bertz CT molecular complexity index is 121. The summed E-state index contributed by atoms with van der Waals surface area (Å²) in [6.07, 6.45) is -7.00. The molecule has 0 aliphatic heterocycles. The third-order valence-corrected chi connectivity index (χ3v) is 0. The first kappa shape index (κ1) is 36.0. The molecule has 9 nitrogen and oxygen atoms in total. The van der Waals surface area contributed by atoms with Crippen LogP contribution in [-0.2, 0) is 21.7 Å². The number of carbonyl (C=O) groups excluding carboxylic acids is 3. The number of hydrogen-bond acceptors (Lipinski definition) is 9. The first-order valence-electron chi connectivity index (χ1n) is 1.84. The van der Waals surface area contributed by atoms with E-state index in [1.807, 2.05) is 0 Å². The molecule has 0 heterocycles. The predicted molar refractivity (Wildman–Crippen MR) is 16.2 cm³/mol. The van der Waals surface area contributed by atoms with Crippen molar-refractivity contribution in [2.45, 2.75) is 0 Å². The van der Waals surface area contributed by atoms with Gasteiger partial charge in [-0.25, -0.2) is 0 Å². The molecule has 12 heteroatoms. The van der Waals surface area contributed by atoms with Crippen molar-refractivity contribution >= 4 is 18.5 Å². The molecule has 72 valence electrons. The summed E-state index contributed by atoms with van der Waals surface area (Å²) in [4.78, 5) is 25.0. The Hall–Kier alpha value is 1.80. The van der Waals surface area contributed by atoms with Crippen LogP contribution in [0.3, 0.4) is 0 Å².